The van der Waals surface area contributed by atoms with Crippen molar-refractivity contribution in [3.05, 3.63) is 0 Å². The highest BCUT2D eigenvalue weighted by molar-refractivity contribution is 7.87. The van der Waals surface area contributed by atoms with Crippen LogP contribution in [-0.2, 0) is 42.8 Å². The van der Waals surface area contributed by atoms with Gasteiger partial charge in [-0.15, -0.1) is 0 Å². The van der Waals surface area contributed by atoms with Gasteiger partial charge in [0.05, 0.1) is 42.2 Å². The van der Waals surface area contributed by atoms with Crippen LogP contribution in [0.2, 0.25) is 0 Å². The fourth-order valence-electron chi connectivity index (χ4n) is 24.9. The third-order valence-corrected chi connectivity index (χ3v) is 29.5. The summed E-state index contributed by atoms with van der Waals surface area (Å²) in [6.07, 6.45) is 47.4. The molecule has 17 aliphatic carbocycles. The molecule has 10 heteroatoms. The second-order valence-corrected chi connectivity index (χ2v) is 34.9. The molecule has 0 aromatic rings. The SMILES string of the molecule is C1CC2COC(C1)C2.C1CCCOCC1.C1OC2CC3CC1C2C3.CC.CC.CC.CC.CC.CC.CC.CC.CC(C)C1C2CC3CC(C2)CC1C3.CC1C2CC3CC(C2)CC1C3.CCC1C2CC3CC(C2)CC1C3.O=C1OC2CC3CC1C2O3.O=S1(=O)OC2CC3CC2C1C3. The van der Waals surface area contributed by atoms with E-state index >= 15 is 0 Å². The first-order valence-corrected chi connectivity index (χ1v) is 45.4. The van der Waals surface area contributed by atoms with E-state index in [0.29, 0.717) is 30.1 Å². The van der Waals surface area contributed by atoms with Gasteiger partial charge in [-0.1, -0.05) is 164 Å². The minimum atomic E-state index is -3.13. The van der Waals surface area contributed by atoms with E-state index in [1.165, 1.54) is 77.0 Å². The molecule has 17 saturated carbocycles. The summed E-state index contributed by atoms with van der Waals surface area (Å²) in [7, 11) is -3.13. The number of carbonyl (C=O) groups excluding carboxylic acids is 1. The minimum absolute atomic E-state index is 0.0324. The molecule has 20 bridgehead atoms. The number of hydrogen-bond donors (Lipinski definition) is 0. The van der Waals surface area contributed by atoms with E-state index in [9.17, 15) is 13.2 Å². The molecule has 9 nitrogen and oxygen atoms in total. The third-order valence-electron chi connectivity index (χ3n) is 27.7. The van der Waals surface area contributed by atoms with Crippen molar-refractivity contribution in [1.82, 2.24) is 0 Å². The molecule has 570 valence electrons. The molecule has 0 spiro atoms. The molecule has 7 heterocycles. The molecule has 24 fully saturated rings. The molecule has 0 aromatic carbocycles. The quantitative estimate of drug-likeness (QED) is 0.197. The van der Waals surface area contributed by atoms with Crippen molar-refractivity contribution < 1.29 is 41.1 Å². The monoisotopic (exact) mass is 1380 g/mol. The highest BCUT2D eigenvalue weighted by atomic mass is 32.2. The Bertz CT molecular complexity index is 2100. The van der Waals surface area contributed by atoms with Gasteiger partial charge in [-0.2, -0.15) is 8.42 Å². The normalized spacial score (nSPS) is 44.8. The van der Waals surface area contributed by atoms with E-state index in [4.69, 9.17) is 27.9 Å². The predicted octanol–water partition coefficient (Wildman–Crippen LogP) is 23.7. The van der Waals surface area contributed by atoms with Crippen molar-refractivity contribution in [2.75, 3.05) is 26.4 Å². The van der Waals surface area contributed by atoms with Gasteiger partial charge in [0.1, 0.15) is 12.2 Å². The van der Waals surface area contributed by atoms with Gasteiger partial charge in [0.2, 0.25) is 0 Å². The lowest BCUT2D eigenvalue weighted by molar-refractivity contribution is -0.143. The van der Waals surface area contributed by atoms with Gasteiger partial charge < -0.3 is 23.7 Å². The van der Waals surface area contributed by atoms with Crippen molar-refractivity contribution in [1.29, 1.82) is 0 Å². The molecule has 7 aliphatic heterocycles. The number of rotatable bonds is 2. The molecule has 14 atom stereocenters. The highest BCUT2D eigenvalue weighted by Gasteiger charge is 2.60. The average molecular weight is 1380 g/mol. The fraction of sp³-hybridized carbons (Fsp3) is 0.989. The first kappa shape index (κ1) is 85.2. The Kier molecular flexibility index (Phi) is 37.7. The first-order valence-electron chi connectivity index (χ1n) is 43.9. The molecule has 24 rings (SSSR count). The van der Waals surface area contributed by atoms with Crippen LogP contribution in [0.5, 0.6) is 0 Å². The minimum Gasteiger partial charge on any atom is -0.459 e. The van der Waals surface area contributed by atoms with E-state index in [0.717, 1.165) is 177 Å². The van der Waals surface area contributed by atoms with E-state index in [2.05, 4.69) is 27.7 Å². The van der Waals surface area contributed by atoms with Crippen LogP contribution in [-0.4, -0.2) is 82.7 Å². The summed E-state index contributed by atoms with van der Waals surface area (Å²) in [5.41, 5.74) is 0. The van der Waals surface area contributed by atoms with E-state index in [1.807, 2.05) is 111 Å². The molecular weight excluding hydrogens is 1220 g/mol. The van der Waals surface area contributed by atoms with E-state index in [-0.39, 0.29) is 35.4 Å². The second kappa shape index (κ2) is 43.0. The van der Waals surface area contributed by atoms with Crippen molar-refractivity contribution in [2.45, 2.75) is 386 Å². The largest absolute Gasteiger partial charge is 0.459 e. The molecule has 97 heavy (non-hydrogen) atoms. The fourth-order valence-corrected chi connectivity index (χ4v) is 26.8. The Balaban J connectivity index is 0.000000171. The second-order valence-electron chi connectivity index (χ2n) is 33.1. The van der Waals surface area contributed by atoms with Crippen LogP contribution in [0.25, 0.3) is 0 Å². The number of carbonyl (C=O) groups is 1. The maximum atomic E-state index is 11.3. The molecule has 0 amide bonds. The summed E-state index contributed by atoms with van der Waals surface area (Å²) in [6, 6.07) is 0. The molecule has 0 aromatic heterocycles. The van der Waals surface area contributed by atoms with Crippen LogP contribution in [0.1, 0.15) is 344 Å². The van der Waals surface area contributed by atoms with Crippen LogP contribution in [0, 0.1) is 136 Å². The maximum absolute atomic E-state index is 11.3. The summed E-state index contributed by atoms with van der Waals surface area (Å²) in [5, 5.41) is -0.133. The van der Waals surface area contributed by atoms with Gasteiger partial charge in [0.15, 0.2) is 0 Å². The first-order chi connectivity index (χ1) is 47.3. The van der Waals surface area contributed by atoms with Crippen LogP contribution >= 0.6 is 0 Å². The lowest BCUT2D eigenvalue weighted by Crippen LogP contribution is -2.46. The zero-order chi connectivity index (χ0) is 71.1. The van der Waals surface area contributed by atoms with Crippen molar-refractivity contribution in [2.24, 2.45) is 136 Å². The van der Waals surface area contributed by atoms with Gasteiger partial charge in [0.25, 0.3) is 10.1 Å². The lowest BCUT2D eigenvalue weighted by atomic mass is 9.50. The van der Waals surface area contributed by atoms with Crippen LogP contribution in [0.15, 0.2) is 0 Å². The maximum Gasteiger partial charge on any atom is 0.312 e. The summed E-state index contributed by atoms with van der Waals surface area (Å²) in [4.78, 5) is 11.0. The number of esters is 1. The summed E-state index contributed by atoms with van der Waals surface area (Å²) < 4.78 is 54.4. The summed E-state index contributed by atoms with van der Waals surface area (Å²) in [6.45, 7) is 46.0. The van der Waals surface area contributed by atoms with Crippen molar-refractivity contribution in [3.63, 3.8) is 0 Å². The van der Waals surface area contributed by atoms with Gasteiger partial charge in [-0.25, -0.2) is 0 Å². The van der Waals surface area contributed by atoms with E-state index < -0.39 is 10.1 Å². The van der Waals surface area contributed by atoms with E-state index in [1.54, 1.807) is 96.3 Å². The van der Waals surface area contributed by atoms with Gasteiger partial charge in [0, 0.05) is 32.2 Å². The Morgan fingerprint density at radius 1 is 0.412 bits per heavy atom. The number of ether oxygens (including phenoxy) is 5. The topological polar surface area (TPSA) is 107 Å². The predicted molar refractivity (Wildman–Crippen MR) is 408 cm³/mol. The standard InChI is InChI=1S/C13H22.C12H20.C11H18.C8H12O.C7H10O3S.C7H8O3.C7H12O.C6H12O.8C2H6/c1-8(2)13-11-4-9-3-10(6-11)7-12(13)5-9;1-2-12-10-4-8-3-9(6-10)7-11(12)5-8;1-7-10-3-8-2-9(5-10)6-11(7)4-8;1-5-2-7-6(1)4-9-8(7)3-5;8-11(9)7-3-4-1-5(7)6(2-4)10-11;8-7-4-1-3-2-5(10-7)6(4)9-3;1-2-6-4-7(3-1)8-5-6;1-2-4-6-7-5-3-1;8*1-2/h8-13H,3-7H2,1-2H3;8-12H,2-7H2,1H3;7-11H,2-6H2,1H3;5-8H,1-4H2;4-7H,1-3H2;3-6H,1-2H2;6-7H,1-5H2;1-6H2;8*1-2H3. The van der Waals surface area contributed by atoms with Gasteiger partial charge in [-0.05, 0) is 298 Å². The summed E-state index contributed by atoms with van der Waals surface area (Å²) >= 11 is 0. The Morgan fingerprint density at radius 2 is 0.876 bits per heavy atom. The zero-order valence-corrected chi connectivity index (χ0v) is 68.2. The molecule has 14 unspecified atom stereocenters. The number of fused-ring (bicyclic) bond motifs is 5. The molecule has 24 aliphatic rings. The smallest absolute Gasteiger partial charge is 0.312 e. The van der Waals surface area contributed by atoms with Crippen molar-refractivity contribution >= 4 is 16.1 Å². The average Bonchev–Trinajstić information content (AvgIpc) is 1.69. The summed E-state index contributed by atoms with van der Waals surface area (Å²) in [5.74, 6) is 23.1. The van der Waals surface area contributed by atoms with Gasteiger partial charge in [-0.3, -0.25) is 8.98 Å². The lowest BCUT2D eigenvalue weighted by Gasteiger charge is -2.55. The Hall–Kier alpha value is -0.780. The Labute approximate surface area is 602 Å². The van der Waals surface area contributed by atoms with Crippen LogP contribution in [0.4, 0.5) is 0 Å². The van der Waals surface area contributed by atoms with Gasteiger partial charge >= 0.3 is 5.97 Å². The molecular formula is C87H162O9S. The molecule has 7 saturated heterocycles. The highest BCUT2D eigenvalue weighted by Crippen LogP contribution is 2.61. The molecule has 0 N–H and O–H groups in total. The third kappa shape index (κ3) is 21.7. The molecule has 0 radical (unpaired) electrons. The van der Waals surface area contributed by atoms with Crippen LogP contribution < -0.4 is 0 Å². The van der Waals surface area contributed by atoms with Crippen molar-refractivity contribution in [3.8, 4) is 0 Å². The van der Waals surface area contributed by atoms with Crippen LogP contribution in [0.3, 0.4) is 0 Å². The number of hydrogen-bond acceptors (Lipinski definition) is 9. The zero-order valence-electron chi connectivity index (χ0n) is 67.4. The Morgan fingerprint density at radius 3 is 1.28 bits per heavy atom.